The molecule has 0 unspecified atom stereocenters. The molecular weight excluding hydrogens is 212 g/mol. The minimum absolute atomic E-state index is 0.0124. The molecule has 1 atom stereocenters. The van der Waals surface area contributed by atoms with Crippen molar-refractivity contribution < 1.29 is 4.79 Å². The first kappa shape index (κ1) is 11.8. The predicted octanol–water partition coefficient (Wildman–Crippen LogP) is 3.05. The Balaban J connectivity index is 2.24. The molecule has 90 valence electrons. The largest absolute Gasteiger partial charge is 0.273 e. The van der Waals surface area contributed by atoms with Gasteiger partial charge in [-0.3, -0.25) is 4.79 Å². The van der Waals surface area contributed by atoms with Crippen LogP contribution in [0.4, 0.5) is 0 Å². The van der Waals surface area contributed by atoms with Crippen molar-refractivity contribution in [2.24, 2.45) is 5.10 Å². The molecule has 0 N–H and O–H groups in total. The molecule has 1 aromatic carbocycles. The number of aryl methyl sites for hydroxylation is 1. The third-order valence-electron chi connectivity index (χ3n) is 3.16. The van der Waals surface area contributed by atoms with Gasteiger partial charge in [0.2, 0.25) is 5.91 Å². The Labute approximate surface area is 102 Å². The first-order valence-electron chi connectivity index (χ1n) is 6.00. The third-order valence-corrected chi connectivity index (χ3v) is 3.16. The summed E-state index contributed by atoms with van der Waals surface area (Å²) in [5.41, 5.74) is 3.39. The summed E-state index contributed by atoms with van der Waals surface area (Å²) in [5, 5.41) is 5.98. The lowest BCUT2D eigenvalue weighted by Gasteiger charge is -2.28. The van der Waals surface area contributed by atoms with Crippen LogP contribution in [0.5, 0.6) is 0 Å². The molecule has 17 heavy (non-hydrogen) atoms. The SMILES string of the molecule is CC1=NN([C@H](C)c2ccc(C)cc2)C(=O)CC1. The minimum Gasteiger partial charge on any atom is -0.273 e. The van der Waals surface area contributed by atoms with Crippen LogP contribution < -0.4 is 0 Å². The lowest BCUT2D eigenvalue weighted by molar-refractivity contribution is -0.134. The molecule has 0 radical (unpaired) electrons. The van der Waals surface area contributed by atoms with Crippen LogP contribution in [0.2, 0.25) is 0 Å². The second kappa shape index (κ2) is 4.70. The number of amides is 1. The molecule has 0 saturated heterocycles. The number of carbonyl (C=O) groups excluding carboxylic acids is 1. The van der Waals surface area contributed by atoms with E-state index in [2.05, 4.69) is 36.3 Å². The fourth-order valence-electron chi connectivity index (χ4n) is 1.98. The van der Waals surface area contributed by atoms with E-state index in [-0.39, 0.29) is 11.9 Å². The number of carbonyl (C=O) groups is 1. The van der Waals surface area contributed by atoms with Gasteiger partial charge in [0, 0.05) is 12.1 Å². The molecule has 3 nitrogen and oxygen atoms in total. The highest BCUT2D eigenvalue weighted by atomic mass is 16.2. The van der Waals surface area contributed by atoms with Crippen LogP contribution in [-0.4, -0.2) is 16.6 Å². The molecule has 1 heterocycles. The highest BCUT2D eigenvalue weighted by Crippen LogP contribution is 2.24. The van der Waals surface area contributed by atoms with Gasteiger partial charge >= 0.3 is 0 Å². The Morgan fingerprint density at radius 1 is 1.18 bits per heavy atom. The van der Waals surface area contributed by atoms with Gasteiger partial charge in [0.15, 0.2) is 0 Å². The molecule has 1 amide bonds. The van der Waals surface area contributed by atoms with Crippen molar-refractivity contribution in [3.05, 3.63) is 35.4 Å². The van der Waals surface area contributed by atoms with E-state index in [1.54, 1.807) is 5.01 Å². The zero-order valence-electron chi connectivity index (χ0n) is 10.6. The number of benzene rings is 1. The van der Waals surface area contributed by atoms with Crippen LogP contribution in [0.25, 0.3) is 0 Å². The molecule has 0 aliphatic carbocycles. The maximum absolute atomic E-state index is 11.8. The Bertz CT molecular complexity index is 448. The van der Waals surface area contributed by atoms with Crippen LogP contribution in [0, 0.1) is 6.92 Å². The van der Waals surface area contributed by atoms with E-state index in [1.165, 1.54) is 5.56 Å². The van der Waals surface area contributed by atoms with Gasteiger partial charge in [-0.05, 0) is 32.8 Å². The summed E-state index contributed by atoms with van der Waals surface area (Å²) in [5.74, 6) is 0.115. The van der Waals surface area contributed by atoms with Gasteiger partial charge in [0.25, 0.3) is 0 Å². The fourth-order valence-corrected chi connectivity index (χ4v) is 1.98. The van der Waals surface area contributed by atoms with Crippen LogP contribution in [0.15, 0.2) is 29.4 Å². The van der Waals surface area contributed by atoms with Crippen LogP contribution in [0.1, 0.15) is 43.9 Å². The number of rotatable bonds is 2. The van der Waals surface area contributed by atoms with Gasteiger partial charge in [-0.25, -0.2) is 5.01 Å². The van der Waals surface area contributed by atoms with E-state index in [9.17, 15) is 4.79 Å². The van der Waals surface area contributed by atoms with Crippen LogP contribution in [-0.2, 0) is 4.79 Å². The molecule has 1 aliphatic heterocycles. The van der Waals surface area contributed by atoms with Crippen LogP contribution in [0.3, 0.4) is 0 Å². The molecule has 2 rings (SSSR count). The number of nitrogens with zero attached hydrogens (tertiary/aromatic N) is 2. The summed E-state index contributed by atoms with van der Waals surface area (Å²) in [6.07, 6.45) is 1.36. The van der Waals surface area contributed by atoms with Crippen LogP contribution >= 0.6 is 0 Å². The third kappa shape index (κ3) is 2.54. The van der Waals surface area contributed by atoms with E-state index in [0.717, 1.165) is 17.7 Å². The molecule has 1 aromatic rings. The summed E-state index contributed by atoms with van der Waals surface area (Å²) in [4.78, 5) is 11.8. The lowest BCUT2D eigenvalue weighted by atomic mass is 10.0. The van der Waals surface area contributed by atoms with E-state index in [0.29, 0.717) is 6.42 Å². The Kier molecular flexibility index (Phi) is 3.27. The van der Waals surface area contributed by atoms with Gasteiger partial charge in [0.1, 0.15) is 0 Å². The maximum Gasteiger partial charge on any atom is 0.243 e. The van der Waals surface area contributed by atoms with Gasteiger partial charge < -0.3 is 0 Å². The smallest absolute Gasteiger partial charge is 0.243 e. The Morgan fingerprint density at radius 3 is 2.47 bits per heavy atom. The van der Waals surface area contributed by atoms with E-state index in [4.69, 9.17) is 0 Å². The normalized spacial score (nSPS) is 17.9. The molecule has 0 bridgehead atoms. The number of hydrogen-bond donors (Lipinski definition) is 0. The van der Waals surface area contributed by atoms with Crippen molar-refractivity contribution >= 4 is 11.6 Å². The second-order valence-electron chi connectivity index (χ2n) is 4.66. The van der Waals surface area contributed by atoms with Crippen molar-refractivity contribution in [2.45, 2.75) is 39.7 Å². The Morgan fingerprint density at radius 2 is 1.82 bits per heavy atom. The Hall–Kier alpha value is -1.64. The summed E-state index contributed by atoms with van der Waals surface area (Å²) in [6, 6.07) is 8.27. The van der Waals surface area contributed by atoms with Crippen molar-refractivity contribution in [3.63, 3.8) is 0 Å². The zero-order valence-corrected chi connectivity index (χ0v) is 10.6. The molecule has 0 spiro atoms. The standard InChI is InChI=1S/C14H18N2O/c1-10-4-7-13(8-5-10)12(3)16-14(17)9-6-11(2)15-16/h4-5,7-8,12H,6,9H2,1-3H3/t12-/m1/s1. The predicted molar refractivity (Wildman–Crippen MR) is 68.8 cm³/mol. The topological polar surface area (TPSA) is 32.7 Å². The van der Waals surface area contributed by atoms with Crippen molar-refractivity contribution in [2.75, 3.05) is 0 Å². The highest BCUT2D eigenvalue weighted by molar-refractivity contribution is 5.91. The number of hydrogen-bond acceptors (Lipinski definition) is 2. The summed E-state index contributed by atoms with van der Waals surface area (Å²) in [7, 11) is 0. The summed E-state index contributed by atoms with van der Waals surface area (Å²) < 4.78 is 0. The summed E-state index contributed by atoms with van der Waals surface area (Å²) in [6.45, 7) is 6.05. The molecule has 0 aromatic heterocycles. The van der Waals surface area contributed by atoms with Crippen molar-refractivity contribution in [1.29, 1.82) is 0 Å². The molecule has 0 saturated carbocycles. The van der Waals surface area contributed by atoms with Gasteiger partial charge in [0.05, 0.1) is 6.04 Å². The molecular formula is C14H18N2O. The van der Waals surface area contributed by atoms with E-state index < -0.39 is 0 Å². The van der Waals surface area contributed by atoms with Gasteiger partial charge in [-0.2, -0.15) is 5.10 Å². The second-order valence-corrected chi connectivity index (χ2v) is 4.66. The monoisotopic (exact) mass is 230 g/mol. The quantitative estimate of drug-likeness (QED) is 0.768. The lowest BCUT2D eigenvalue weighted by Crippen LogP contribution is -2.33. The first-order chi connectivity index (χ1) is 8.08. The average molecular weight is 230 g/mol. The molecule has 3 heteroatoms. The molecule has 0 fully saturated rings. The van der Waals surface area contributed by atoms with E-state index >= 15 is 0 Å². The van der Waals surface area contributed by atoms with Crippen molar-refractivity contribution in [1.82, 2.24) is 5.01 Å². The van der Waals surface area contributed by atoms with Gasteiger partial charge in [-0.15, -0.1) is 0 Å². The maximum atomic E-state index is 11.8. The number of hydrazone groups is 1. The van der Waals surface area contributed by atoms with E-state index in [1.807, 2.05) is 13.8 Å². The molecule has 1 aliphatic rings. The summed E-state index contributed by atoms with van der Waals surface area (Å²) >= 11 is 0. The highest BCUT2D eigenvalue weighted by Gasteiger charge is 2.24. The minimum atomic E-state index is 0.0124. The zero-order chi connectivity index (χ0) is 12.4. The van der Waals surface area contributed by atoms with Crippen molar-refractivity contribution in [3.8, 4) is 0 Å². The van der Waals surface area contributed by atoms with Gasteiger partial charge in [-0.1, -0.05) is 29.8 Å². The first-order valence-corrected chi connectivity index (χ1v) is 6.00. The average Bonchev–Trinajstić information content (AvgIpc) is 2.32. The fraction of sp³-hybridized carbons (Fsp3) is 0.429.